The largest absolute Gasteiger partial charge is 0.508 e. The van der Waals surface area contributed by atoms with Gasteiger partial charge in [0.25, 0.3) is 0 Å². The van der Waals surface area contributed by atoms with Crippen LogP contribution in [0.15, 0.2) is 24.3 Å². The number of phenolic OH excluding ortho intramolecular Hbond substituents is 1. The molecule has 0 unspecified atom stereocenters. The molecule has 1 aromatic rings. The normalized spacial score (nSPS) is 13.2. The number of carbonyl (C=O) groups is 3. The number of aromatic hydroxyl groups is 1. The SMILES string of the molecule is CC(C)[C@H](NC(=O)[C@H](Cc1ccc(O)cc1)NC(=O)CN)C(=O)O. The van der Waals surface area contributed by atoms with Crippen LogP contribution >= 0.6 is 0 Å². The summed E-state index contributed by atoms with van der Waals surface area (Å²) in [6, 6.07) is 4.12. The maximum atomic E-state index is 12.4. The van der Waals surface area contributed by atoms with Crippen molar-refractivity contribution >= 4 is 17.8 Å². The van der Waals surface area contributed by atoms with Crippen LogP contribution in [-0.2, 0) is 20.8 Å². The highest BCUT2D eigenvalue weighted by Crippen LogP contribution is 2.12. The molecule has 8 nitrogen and oxygen atoms in total. The summed E-state index contributed by atoms with van der Waals surface area (Å²) >= 11 is 0. The van der Waals surface area contributed by atoms with Crippen molar-refractivity contribution in [1.82, 2.24) is 10.6 Å². The Morgan fingerprint density at radius 3 is 2.17 bits per heavy atom. The van der Waals surface area contributed by atoms with Gasteiger partial charge in [-0.05, 0) is 23.6 Å². The second-order valence-corrected chi connectivity index (χ2v) is 5.76. The Balaban J connectivity index is 2.91. The fourth-order valence-electron chi connectivity index (χ4n) is 2.10. The summed E-state index contributed by atoms with van der Waals surface area (Å²) in [5.74, 6) is -2.51. The van der Waals surface area contributed by atoms with Crippen molar-refractivity contribution < 1.29 is 24.6 Å². The number of hydrogen-bond acceptors (Lipinski definition) is 5. The molecule has 2 atom stereocenters. The molecule has 0 bridgehead atoms. The van der Waals surface area contributed by atoms with E-state index in [9.17, 15) is 24.6 Å². The molecule has 0 saturated carbocycles. The summed E-state index contributed by atoms with van der Waals surface area (Å²) < 4.78 is 0. The minimum absolute atomic E-state index is 0.0801. The molecule has 0 heterocycles. The van der Waals surface area contributed by atoms with Crippen LogP contribution in [0.2, 0.25) is 0 Å². The molecule has 0 saturated heterocycles. The monoisotopic (exact) mass is 337 g/mol. The molecule has 0 spiro atoms. The zero-order chi connectivity index (χ0) is 18.3. The Morgan fingerprint density at radius 2 is 1.71 bits per heavy atom. The van der Waals surface area contributed by atoms with Crippen LogP contribution < -0.4 is 16.4 Å². The average molecular weight is 337 g/mol. The van der Waals surface area contributed by atoms with E-state index in [-0.39, 0.29) is 24.6 Å². The van der Waals surface area contributed by atoms with Gasteiger partial charge >= 0.3 is 5.97 Å². The summed E-state index contributed by atoms with van der Waals surface area (Å²) in [5.41, 5.74) is 5.96. The van der Waals surface area contributed by atoms with Crippen molar-refractivity contribution in [3.63, 3.8) is 0 Å². The third-order valence-corrected chi connectivity index (χ3v) is 3.44. The van der Waals surface area contributed by atoms with Crippen molar-refractivity contribution in [1.29, 1.82) is 0 Å². The van der Waals surface area contributed by atoms with E-state index in [1.54, 1.807) is 26.0 Å². The standard InChI is InChI=1S/C16H23N3O5/c1-9(2)14(16(23)24)19-15(22)12(18-13(21)8-17)7-10-3-5-11(20)6-4-10/h3-6,9,12,14,20H,7-8,17H2,1-2H3,(H,18,21)(H,19,22)(H,23,24)/t12-,14-/m0/s1. The van der Waals surface area contributed by atoms with Crippen LogP contribution in [0, 0.1) is 5.92 Å². The summed E-state index contributed by atoms with van der Waals surface area (Å²) in [7, 11) is 0. The Hall–Kier alpha value is -2.61. The number of carboxylic acid groups (broad SMARTS) is 1. The molecule has 0 radical (unpaired) electrons. The molecule has 8 heteroatoms. The van der Waals surface area contributed by atoms with Crippen molar-refractivity contribution in [3.8, 4) is 5.75 Å². The lowest BCUT2D eigenvalue weighted by molar-refractivity contribution is -0.143. The molecule has 2 amide bonds. The van der Waals surface area contributed by atoms with Gasteiger partial charge in [0.2, 0.25) is 11.8 Å². The molecule has 1 rings (SSSR count). The zero-order valence-electron chi connectivity index (χ0n) is 13.7. The first-order valence-corrected chi connectivity index (χ1v) is 7.55. The van der Waals surface area contributed by atoms with E-state index in [0.717, 1.165) is 0 Å². The van der Waals surface area contributed by atoms with Gasteiger partial charge in [0, 0.05) is 6.42 Å². The maximum absolute atomic E-state index is 12.4. The molecule has 0 aliphatic rings. The zero-order valence-corrected chi connectivity index (χ0v) is 13.7. The van der Waals surface area contributed by atoms with Crippen molar-refractivity contribution in [2.24, 2.45) is 11.7 Å². The van der Waals surface area contributed by atoms with E-state index in [0.29, 0.717) is 5.56 Å². The van der Waals surface area contributed by atoms with Crippen LogP contribution in [0.25, 0.3) is 0 Å². The highest BCUT2D eigenvalue weighted by atomic mass is 16.4. The van der Waals surface area contributed by atoms with Gasteiger partial charge in [0.15, 0.2) is 0 Å². The fourth-order valence-corrected chi connectivity index (χ4v) is 2.10. The highest BCUT2D eigenvalue weighted by Gasteiger charge is 2.28. The van der Waals surface area contributed by atoms with Crippen molar-refractivity contribution in [2.75, 3.05) is 6.54 Å². The fraction of sp³-hybridized carbons (Fsp3) is 0.438. The number of rotatable bonds is 8. The van der Waals surface area contributed by atoms with Crippen LogP contribution in [0.5, 0.6) is 5.75 Å². The Kier molecular flexibility index (Phi) is 7.19. The van der Waals surface area contributed by atoms with Gasteiger partial charge in [0.05, 0.1) is 6.54 Å². The van der Waals surface area contributed by atoms with Gasteiger partial charge < -0.3 is 26.6 Å². The third kappa shape index (κ3) is 5.88. The first kappa shape index (κ1) is 19.4. The van der Waals surface area contributed by atoms with Crippen LogP contribution in [0.3, 0.4) is 0 Å². The van der Waals surface area contributed by atoms with E-state index in [1.165, 1.54) is 12.1 Å². The number of amides is 2. The summed E-state index contributed by atoms with van der Waals surface area (Å²) in [5, 5.41) is 23.4. The van der Waals surface area contributed by atoms with Crippen LogP contribution in [0.1, 0.15) is 19.4 Å². The van der Waals surface area contributed by atoms with Gasteiger partial charge in [-0.15, -0.1) is 0 Å². The summed E-state index contributed by atoms with van der Waals surface area (Å²) in [6.45, 7) is 3.06. The van der Waals surface area contributed by atoms with Crippen molar-refractivity contribution in [2.45, 2.75) is 32.4 Å². The number of benzene rings is 1. The molecule has 0 aromatic heterocycles. The van der Waals surface area contributed by atoms with Gasteiger partial charge in [-0.1, -0.05) is 26.0 Å². The van der Waals surface area contributed by atoms with E-state index < -0.39 is 29.9 Å². The Morgan fingerprint density at radius 1 is 1.12 bits per heavy atom. The molecule has 0 aliphatic heterocycles. The molecule has 0 fully saturated rings. The van der Waals surface area contributed by atoms with Gasteiger partial charge in [-0.25, -0.2) is 4.79 Å². The minimum Gasteiger partial charge on any atom is -0.508 e. The number of aliphatic carboxylic acids is 1. The van der Waals surface area contributed by atoms with Crippen LogP contribution in [-0.4, -0.2) is 46.6 Å². The topological polar surface area (TPSA) is 142 Å². The summed E-state index contributed by atoms with van der Waals surface area (Å²) in [4.78, 5) is 35.2. The quantitative estimate of drug-likeness (QED) is 0.437. The second-order valence-electron chi connectivity index (χ2n) is 5.76. The van der Waals surface area contributed by atoms with Crippen LogP contribution in [0.4, 0.5) is 0 Å². The molecule has 1 aromatic carbocycles. The van der Waals surface area contributed by atoms with Crippen molar-refractivity contribution in [3.05, 3.63) is 29.8 Å². The number of nitrogens with two attached hydrogens (primary N) is 1. The second kappa shape index (κ2) is 8.88. The lowest BCUT2D eigenvalue weighted by atomic mass is 10.0. The summed E-state index contributed by atoms with van der Waals surface area (Å²) in [6.07, 6.45) is 0.141. The number of hydrogen-bond donors (Lipinski definition) is 5. The number of carbonyl (C=O) groups excluding carboxylic acids is 2. The van der Waals surface area contributed by atoms with Gasteiger partial charge in [0.1, 0.15) is 17.8 Å². The molecule has 0 aliphatic carbocycles. The maximum Gasteiger partial charge on any atom is 0.326 e. The van der Waals surface area contributed by atoms with E-state index in [2.05, 4.69) is 10.6 Å². The number of phenols is 1. The molecular formula is C16H23N3O5. The van der Waals surface area contributed by atoms with Gasteiger partial charge in [-0.3, -0.25) is 9.59 Å². The first-order chi connectivity index (χ1) is 11.2. The molecular weight excluding hydrogens is 314 g/mol. The minimum atomic E-state index is -1.15. The van der Waals surface area contributed by atoms with Gasteiger partial charge in [-0.2, -0.15) is 0 Å². The Labute approximate surface area is 140 Å². The number of nitrogens with one attached hydrogen (secondary N) is 2. The average Bonchev–Trinajstić information content (AvgIpc) is 2.52. The predicted molar refractivity (Wildman–Crippen MR) is 87.2 cm³/mol. The Bertz CT molecular complexity index is 586. The molecule has 6 N–H and O–H groups in total. The third-order valence-electron chi connectivity index (χ3n) is 3.44. The lowest BCUT2D eigenvalue weighted by Crippen LogP contribution is -2.54. The molecule has 24 heavy (non-hydrogen) atoms. The highest BCUT2D eigenvalue weighted by molar-refractivity contribution is 5.91. The predicted octanol–water partition coefficient (Wildman–Crippen LogP) is -0.396. The lowest BCUT2D eigenvalue weighted by Gasteiger charge is -2.23. The first-order valence-electron chi connectivity index (χ1n) is 7.55. The molecule has 132 valence electrons. The van der Waals surface area contributed by atoms with E-state index in [4.69, 9.17) is 5.73 Å². The smallest absolute Gasteiger partial charge is 0.326 e. The number of carboxylic acids is 1. The van der Waals surface area contributed by atoms with E-state index in [1.807, 2.05) is 0 Å². The van der Waals surface area contributed by atoms with E-state index >= 15 is 0 Å².